The molecule has 9 nitrogen and oxygen atoms in total. The molecule has 2 N–H and O–H groups in total. The Labute approximate surface area is 234 Å². The molecular formula is C30H22ClN3O6. The molecule has 0 unspecified atom stereocenters. The summed E-state index contributed by atoms with van der Waals surface area (Å²) >= 11 is 6.12. The zero-order valence-corrected chi connectivity index (χ0v) is 21.9. The molecule has 0 aromatic heterocycles. The number of carbonyl (C=O) groups excluding carboxylic acids is 3. The van der Waals surface area contributed by atoms with E-state index in [2.05, 4.69) is 15.8 Å². The average molecular weight is 556 g/mol. The van der Waals surface area contributed by atoms with Gasteiger partial charge in [0.05, 0.1) is 11.8 Å². The van der Waals surface area contributed by atoms with Crippen molar-refractivity contribution in [1.29, 1.82) is 0 Å². The van der Waals surface area contributed by atoms with Gasteiger partial charge in [-0.05, 0) is 79.7 Å². The topological polar surface area (TPSA) is 115 Å². The Hall–Kier alpha value is -5.15. The van der Waals surface area contributed by atoms with Crippen LogP contribution in [0.4, 0.5) is 5.69 Å². The molecule has 0 bridgehead atoms. The third kappa shape index (κ3) is 6.28. The van der Waals surface area contributed by atoms with Crippen molar-refractivity contribution >= 4 is 41.3 Å². The number of carbonyl (C=O) groups is 3. The highest BCUT2D eigenvalue weighted by Gasteiger charge is 2.18. The molecule has 0 spiro atoms. The maximum Gasteiger partial charge on any atom is 0.343 e. The van der Waals surface area contributed by atoms with E-state index in [9.17, 15) is 14.4 Å². The van der Waals surface area contributed by atoms with Crippen LogP contribution in [0.25, 0.3) is 0 Å². The van der Waals surface area contributed by atoms with Gasteiger partial charge in [-0.15, -0.1) is 0 Å². The molecule has 0 atom stereocenters. The van der Waals surface area contributed by atoms with E-state index >= 15 is 0 Å². The Morgan fingerprint density at radius 1 is 0.825 bits per heavy atom. The molecule has 1 aliphatic rings. The summed E-state index contributed by atoms with van der Waals surface area (Å²) in [5, 5.41) is 7.16. The van der Waals surface area contributed by atoms with Crippen LogP contribution < -0.4 is 25.0 Å². The van der Waals surface area contributed by atoms with E-state index in [1.54, 1.807) is 60.7 Å². The third-order valence-electron chi connectivity index (χ3n) is 5.87. The van der Waals surface area contributed by atoms with Gasteiger partial charge in [0.2, 0.25) is 6.79 Å². The van der Waals surface area contributed by atoms with Gasteiger partial charge < -0.3 is 19.5 Å². The summed E-state index contributed by atoms with van der Waals surface area (Å²) in [6, 6.07) is 22.9. The number of nitrogens with one attached hydrogen (secondary N) is 2. The Kier molecular flexibility index (Phi) is 7.75. The van der Waals surface area contributed by atoms with E-state index in [1.165, 1.54) is 18.3 Å². The molecule has 5 rings (SSSR count). The molecule has 40 heavy (non-hydrogen) atoms. The van der Waals surface area contributed by atoms with Gasteiger partial charge >= 0.3 is 5.97 Å². The highest BCUT2D eigenvalue weighted by Crippen LogP contribution is 2.33. The van der Waals surface area contributed by atoms with Crippen LogP contribution in [0.3, 0.4) is 0 Å². The van der Waals surface area contributed by atoms with Crippen molar-refractivity contribution in [2.45, 2.75) is 6.92 Å². The van der Waals surface area contributed by atoms with E-state index in [1.807, 2.05) is 19.1 Å². The van der Waals surface area contributed by atoms with Crippen LogP contribution in [-0.4, -0.2) is 30.8 Å². The summed E-state index contributed by atoms with van der Waals surface area (Å²) in [7, 11) is 0. The average Bonchev–Trinajstić information content (AvgIpc) is 3.43. The number of hydrazone groups is 1. The highest BCUT2D eigenvalue weighted by molar-refractivity contribution is 6.31. The highest BCUT2D eigenvalue weighted by atomic mass is 35.5. The van der Waals surface area contributed by atoms with Crippen LogP contribution in [0, 0.1) is 6.92 Å². The van der Waals surface area contributed by atoms with E-state index in [0.29, 0.717) is 38.9 Å². The first-order valence-electron chi connectivity index (χ1n) is 12.1. The van der Waals surface area contributed by atoms with E-state index in [4.69, 9.17) is 25.8 Å². The summed E-state index contributed by atoms with van der Waals surface area (Å²) < 4.78 is 16.1. The largest absolute Gasteiger partial charge is 0.454 e. The van der Waals surface area contributed by atoms with Crippen LogP contribution >= 0.6 is 11.6 Å². The molecule has 4 aromatic rings. The number of hydrogen-bond donors (Lipinski definition) is 2. The monoisotopic (exact) mass is 555 g/mol. The molecule has 200 valence electrons. The lowest BCUT2D eigenvalue weighted by atomic mass is 10.1. The number of esters is 1. The Bertz CT molecular complexity index is 1620. The van der Waals surface area contributed by atoms with Crippen molar-refractivity contribution in [2.75, 3.05) is 12.1 Å². The Morgan fingerprint density at radius 3 is 2.27 bits per heavy atom. The van der Waals surface area contributed by atoms with Gasteiger partial charge in [-0.1, -0.05) is 29.3 Å². The fraction of sp³-hybridized carbons (Fsp3) is 0.0667. The van der Waals surface area contributed by atoms with E-state index in [0.717, 1.165) is 5.56 Å². The molecule has 10 heteroatoms. The Morgan fingerprint density at radius 2 is 1.50 bits per heavy atom. The predicted octanol–water partition coefficient (Wildman–Crippen LogP) is 5.61. The lowest BCUT2D eigenvalue weighted by Gasteiger charge is -2.09. The van der Waals surface area contributed by atoms with Crippen molar-refractivity contribution in [3.8, 4) is 17.2 Å². The maximum atomic E-state index is 12.7. The number of amides is 2. The molecule has 0 radical (unpaired) electrons. The van der Waals surface area contributed by atoms with Gasteiger partial charge in [-0.25, -0.2) is 10.2 Å². The second-order valence-electron chi connectivity index (χ2n) is 8.74. The van der Waals surface area contributed by atoms with Gasteiger partial charge in [0.1, 0.15) is 5.75 Å². The third-order valence-corrected chi connectivity index (χ3v) is 6.11. The quantitative estimate of drug-likeness (QED) is 0.132. The minimum atomic E-state index is -0.617. The van der Waals surface area contributed by atoms with Gasteiger partial charge in [0.25, 0.3) is 11.8 Å². The zero-order valence-electron chi connectivity index (χ0n) is 21.1. The molecule has 0 saturated heterocycles. The number of nitrogens with zero attached hydrogens (tertiary/aromatic N) is 1. The molecule has 0 fully saturated rings. The zero-order chi connectivity index (χ0) is 28.1. The van der Waals surface area contributed by atoms with Gasteiger partial charge in [0, 0.05) is 27.4 Å². The van der Waals surface area contributed by atoms with Crippen molar-refractivity contribution in [2.24, 2.45) is 5.10 Å². The minimum absolute atomic E-state index is 0.0894. The van der Waals surface area contributed by atoms with Crippen LogP contribution in [0.5, 0.6) is 17.2 Å². The standard InChI is InChI=1S/C30H22ClN3O6/c1-18-2-4-19(5-3-18)28(35)33-24-10-6-20(7-11-24)29(36)34-32-16-22-14-23(31)9-13-25(22)40-30(37)21-8-12-26-27(15-21)39-17-38-26/h2-16H,17H2,1H3,(H,33,35)(H,34,36)/b32-16+. The summed E-state index contributed by atoms with van der Waals surface area (Å²) in [6.45, 7) is 2.03. The predicted molar refractivity (Wildman–Crippen MR) is 150 cm³/mol. The number of rotatable bonds is 7. The first-order valence-corrected chi connectivity index (χ1v) is 12.5. The number of ether oxygens (including phenoxy) is 3. The molecule has 4 aromatic carbocycles. The number of benzene rings is 4. The minimum Gasteiger partial charge on any atom is -0.454 e. The van der Waals surface area contributed by atoms with Crippen LogP contribution in [0.15, 0.2) is 90.0 Å². The fourth-order valence-corrected chi connectivity index (χ4v) is 3.91. The Balaban J connectivity index is 1.21. The number of aryl methyl sites for hydroxylation is 1. The summed E-state index contributed by atoms with van der Waals surface area (Å²) in [6.07, 6.45) is 1.32. The van der Waals surface area contributed by atoms with Crippen LogP contribution in [0.1, 0.15) is 42.2 Å². The first kappa shape index (κ1) is 26.5. The number of anilines is 1. The smallest absolute Gasteiger partial charge is 0.343 e. The second-order valence-corrected chi connectivity index (χ2v) is 9.17. The normalized spacial score (nSPS) is 11.8. The van der Waals surface area contributed by atoms with Crippen molar-refractivity contribution in [3.05, 3.63) is 118 Å². The number of fused-ring (bicyclic) bond motifs is 1. The molecular weight excluding hydrogens is 534 g/mol. The van der Waals surface area contributed by atoms with E-state index < -0.39 is 11.9 Å². The summed E-state index contributed by atoms with van der Waals surface area (Å²) in [5.74, 6) is -0.149. The van der Waals surface area contributed by atoms with E-state index in [-0.39, 0.29) is 24.0 Å². The van der Waals surface area contributed by atoms with Crippen LogP contribution in [-0.2, 0) is 0 Å². The lowest BCUT2D eigenvalue weighted by Crippen LogP contribution is -2.18. The van der Waals surface area contributed by atoms with Crippen molar-refractivity contribution in [3.63, 3.8) is 0 Å². The van der Waals surface area contributed by atoms with Gasteiger partial charge in [-0.3, -0.25) is 9.59 Å². The maximum absolute atomic E-state index is 12.7. The number of hydrogen-bond acceptors (Lipinski definition) is 7. The SMILES string of the molecule is Cc1ccc(C(=O)Nc2ccc(C(=O)N/N=C/c3cc(Cl)ccc3OC(=O)c3ccc4c(c3)OCO4)cc2)cc1. The second kappa shape index (κ2) is 11.7. The summed E-state index contributed by atoms with van der Waals surface area (Å²) in [5.41, 5.74) is 5.53. The van der Waals surface area contributed by atoms with Crippen molar-refractivity contribution in [1.82, 2.24) is 5.43 Å². The van der Waals surface area contributed by atoms with Gasteiger partial charge in [0.15, 0.2) is 11.5 Å². The molecule has 1 aliphatic heterocycles. The summed E-state index contributed by atoms with van der Waals surface area (Å²) in [4.78, 5) is 37.7. The van der Waals surface area contributed by atoms with Gasteiger partial charge in [-0.2, -0.15) is 5.10 Å². The first-order chi connectivity index (χ1) is 19.4. The molecule has 2 amide bonds. The lowest BCUT2D eigenvalue weighted by molar-refractivity contribution is 0.0733. The molecule has 0 aliphatic carbocycles. The fourth-order valence-electron chi connectivity index (χ4n) is 3.73. The molecule has 1 heterocycles. The van der Waals surface area contributed by atoms with Crippen LogP contribution in [0.2, 0.25) is 5.02 Å². The number of halogens is 1. The van der Waals surface area contributed by atoms with Crippen molar-refractivity contribution < 1.29 is 28.6 Å². The molecule has 0 saturated carbocycles.